The molecule has 24 heavy (non-hydrogen) atoms. The molecule has 0 bridgehead atoms. The summed E-state index contributed by atoms with van der Waals surface area (Å²) in [6.07, 6.45) is 4.02. The number of aromatic amines is 1. The number of ether oxygens (including phenoxy) is 1. The van der Waals surface area contributed by atoms with Crippen LogP contribution in [0.25, 0.3) is 11.2 Å². The van der Waals surface area contributed by atoms with Gasteiger partial charge < -0.3 is 15.0 Å². The predicted molar refractivity (Wildman–Crippen MR) is 91.7 cm³/mol. The first-order valence-electron chi connectivity index (χ1n) is 8.23. The molecule has 2 aromatic rings. The van der Waals surface area contributed by atoms with Crippen molar-refractivity contribution >= 4 is 17.1 Å². The third kappa shape index (κ3) is 3.15. The first-order chi connectivity index (χ1) is 11.4. The van der Waals surface area contributed by atoms with Crippen molar-refractivity contribution in [3.8, 4) is 0 Å². The quantitative estimate of drug-likeness (QED) is 0.769. The molecule has 0 amide bonds. The van der Waals surface area contributed by atoms with Crippen molar-refractivity contribution in [2.24, 2.45) is 5.92 Å². The first kappa shape index (κ1) is 18.4. The number of nitrogens with zero attached hydrogens (tertiary/aromatic N) is 3. The van der Waals surface area contributed by atoms with Gasteiger partial charge in [0.1, 0.15) is 12.3 Å². The number of unbranched alkanes of at least 4 members (excludes halogenated alkanes) is 1. The van der Waals surface area contributed by atoms with Crippen LogP contribution >= 0.6 is 0 Å². The SMILES string of the molecule is CCCCC(CF)(OC)C(C)C(C)n1cnc2c(=O)[nH]c(N)nc21. The Morgan fingerprint density at radius 3 is 2.79 bits per heavy atom. The lowest BCUT2D eigenvalue weighted by Crippen LogP contribution is -2.44. The second-order valence-electron chi connectivity index (χ2n) is 6.31. The number of anilines is 1. The molecule has 134 valence electrons. The molecule has 0 aromatic carbocycles. The number of methoxy groups -OCH3 is 1. The van der Waals surface area contributed by atoms with E-state index in [4.69, 9.17) is 10.5 Å². The monoisotopic (exact) mass is 339 g/mol. The molecule has 2 heterocycles. The van der Waals surface area contributed by atoms with Gasteiger partial charge in [-0.05, 0) is 13.3 Å². The molecule has 0 saturated carbocycles. The van der Waals surface area contributed by atoms with Crippen molar-refractivity contribution in [3.63, 3.8) is 0 Å². The molecule has 2 aromatic heterocycles. The fourth-order valence-corrected chi connectivity index (χ4v) is 3.16. The van der Waals surface area contributed by atoms with Gasteiger partial charge in [-0.3, -0.25) is 9.78 Å². The number of fused-ring (bicyclic) bond motifs is 1. The van der Waals surface area contributed by atoms with Crippen molar-refractivity contribution in [3.05, 3.63) is 16.7 Å². The average Bonchev–Trinajstić information content (AvgIpc) is 2.99. The van der Waals surface area contributed by atoms with Crippen molar-refractivity contribution in [1.29, 1.82) is 0 Å². The van der Waals surface area contributed by atoms with E-state index in [0.29, 0.717) is 12.1 Å². The zero-order valence-corrected chi connectivity index (χ0v) is 14.7. The molecule has 2 rings (SSSR count). The molecule has 3 atom stereocenters. The number of alkyl halides is 1. The third-order valence-electron chi connectivity index (χ3n) is 5.03. The second-order valence-corrected chi connectivity index (χ2v) is 6.31. The summed E-state index contributed by atoms with van der Waals surface area (Å²) in [6, 6.07) is -0.170. The third-order valence-corrected chi connectivity index (χ3v) is 5.03. The van der Waals surface area contributed by atoms with E-state index in [1.165, 1.54) is 0 Å². The van der Waals surface area contributed by atoms with Gasteiger partial charge in [0, 0.05) is 19.1 Å². The summed E-state index contributed by atoms with van der Waals surface area (Å²) in [6.45, 7) is 5.39. The van der Waals surface area contributed by atoms with Gasteiger partial charge >= 0.3 is 0 Å². The van der Waals surface area contributed by atoms with E-state index < -0.39 is 12.3 Å². The summed E-state index contributed by atoms with van der Waals surface area (Å²) >= 11 is 0. The average molecular weight is 339 g/mol. The fourth-order valence-electron chi connectivity index (χ4n) is 3.16. The summed E-state index contributed by atoms with van der Waals surface area (Å²) in [5.74, 6) is -0.123. The Balaban J connectivity index is 2.43. The second kappa shape index (κ2) is 7.29. The van der Waals surface area contributed by atoms with Gasteiger partial charge in [-0.2, -0.15) is 4.98 Å². The number of rotatable bonds is 8. The maximum atomic E-state index is 13.9. The molecule has 0 fully saturated rings. The lowest BCUT2D eigenvalue weighted by Gasteiger charge is -2.39. The Hall–Kier alpha value is -1.96. The highest BCUT2D eigenvalue weighted by molar-refractivity contribution is 5.70. The van der Waals surface area contributed by atoms with Gasteiger partial charge in [0.25, 0.3) is 5.56 Å². The van der Waals surface area contributed by atoms with E-state index in [1.807, 2.05) is 13.8 Å². The molecule has 0 aliphatic rings. The van der Waals surface area contributed by atoms with Gasteiger partial charge in [-0.15, -0.1) is 0 Å². The van der Waals surface area contributed by atoms with Crippen LogP contribution in [-0.2, 0) is 4.74 Å². The van der Waals surface area contributed by atoms with Crippen LogP contribution in [-0.4, -0.2) is 38.9 Å². The number of H-pyrrole nitrogens is 1. The topological polar surface area (TPSA) is 98.8 Å². The van der Waals surface area contributed by atoms with E-state index in [0.717, 1.165) is 12.8 Å². The number of nitrogens with two attached hydrogens (primary N) is 1. The summed E-state index contributed by atoms with van der Waals surface area (Å²) in [4.78, 5) is 22.7. The number of nitrogen functional groups attached to an aromatic ring is 1. The predicted octanol–water partition coefficient (Wildman–Crippen LogP) is 2.44. The molecule has 3 N–H and O–H groups in total. The normalized spacial score (nSPS) is 16.9. The molecule has 0 spiro atoms. The molecule has 0 saturated heterocycles. The van der Waals surface area contributed by atoms with Gasteiger partial charge in [-0.1, -0.05) is 26.7 Å². The van der Waals surface area contributed by atoms with E-state index in [1.54, 1.807) is 18.0 Å². The molecular formula is C16H26FN5O2. The highest BCUT2D eigenvalue weighted by Gasteiger charge is 2.40. The molecule has 0 aliphatic carbocycles. The molecular weight excluding hydrogens is 313 g/mol. The van der Waals surface area contributed by atoms with Crippen molar-refractivity contribution < 1.29 is 9.13 Å². The highest BCUT2D eigenvalue weighted by atomic mass is 19.1. The number of hydrogen-bond acceptors (Lipinski definition) is 5. The van der Waals surface area contributed by atoms with E-state index in [-0.39, 0.29) is 29.0 Å². The van der Waals surface area contributed by atoms with Crippen LogP contribution in [0.3, 0.4) is 0 Å². The van der Waals surface area contributed by atoms with Crippen molar-refractivity contribution in [2.45, 2.75) is 51.7 Å². The number of halogens is 1. The number of hydrogen-bond donors (Lipinski definition) is 2. The van der Waals surface area contributed by atoms with Crippen molar-refractivity contribution in [1.82, 2.24) is 19.5 Å². The molecule has 0 aliphatic heterocycles. The van der Waals surface area contributed by atoms with Crippen LogP contribution in [0.15, 0.2) is 11.1 Å². The molecule has 7 nitrogen and oxygen atoms in total. The zero-order chi connectivity index (χ0) is 17.9. The van der Waals surface area contributed by atoms with Crippen LogP contribution in [0, 0.1) is 5.92 Å². The zero-order valence-electron chi connectivity index (χ0n) is 14.7. The lowest BCUT2D eigenvalue weighted by molar-refractivity contribution is -0.0885. The van der Waals surface area contributed by atoms with E-state index in [9.17, 15) is 9.18 Å². The van der Waals surface area contributed by atoms with Crippen LogP contribution in [0.4, 0.5) is 10.3 Å². The fraction of sp³-hybridized carbons (Fsp3) is 0.688. The summed E-state index contributed by atoms with van der Waals surface area (Å²) in [5.41, 5.74) is 5.00. The maximum Gasteiger partial charge on any atom is 0.280 e. The summed E-state index contributed by atoms with van der Waals surface area (Å²) in [7, 11) is 1.55. The largest absolute Gasteiger partial charge is 0.375 e. The van der Waals surface area contributed by atoms with Crippen LogP contribution in [0.2, 0.25) is 0 Å². The van der Waals surface area contributed by atoms with Crippen LogP contribution in [0.1, 0.15) is 46.1 Å². The van der Waals surface area contributed by atoms with Gasteiger partial charge in [0.2, 0.25) is 5.95 Å². The Morgan fingerprint density at radius 2 is 2.21 bits per heavy atom. The lowest BCUT2D eigenvalue weighted by atomic mass is 9.80. The Kier molecular flexibility index (Phi) is 5.58. The minimum Gasteiger partial charge on any atom is -0.375 e. The molecule has 0 radical (unpaired) electrons. The molecule has 3 unspecified atom stereocenters. The Morgan fingerprint density at radius 1 is 1.50 bits per heavy atom. The minimum atomic E-state index is -0.876. The number of nitrogens with one attached hydrogen (secondary N) is 1. The number of imidazole rings is 1. The first-order valence-corrected chi connectivity index (χ1v) is 8.23. The summed E-state index contributed by atoms with van der Waals surface area (Å²) in [5, 5.41) is 0. The Bertz CT molecular complexity index is 738. The van der Waals surface area contributed by atoms with Crippen LogP contribution < -0.4 is 11.3 Å². The highest BCUT2D eigenvalue weighted by Crippen LogP contribution is 2.36. The van der Waals surface area contributed by atoms with Gasteiger partial charge in [-0.25, -0.2) is 9.37 Å². The van der Waals surface area contributed by atoms with E-state index in [2.05, 4.69) is 21.9 Å². The van der Waals surface area contributed by atoms with E-state index >= 15 is 0 Å². The maximum absolute atomic E-state index is 13.9. The van der Waals surface area contributed by atoms with Crippen LogP contribution in [0.5, 0.6) is 0 Å². The minimum absolute atomic E-state index is 0.0311. The summed E-state index contributed by atoms with van der Waals surface area (Å²) < 4.78 is 21.3. The number of aromatic nitrogens is 4. The molecule has 8 heteroatoms. The van der Waals surface area contributed by atoms with Gasteiger partial charge in [0.15, 0.2) is 11.2 Å². The smallest absolute Gasteiger partial charge is 0.280 e. The van der Waals surface area contributed by atoms with Crippen molar-refractivity contribution in [2.75, 3.05) is 19.5 Å². The Labute approximate surface area is 140 Å². The standard InChI is InChI=1S/C16H26FN5O2/c1-5-6-7-16(8-17,24-4)10(2)11(3)22-9-19-12-13(22)20-15(18)21-14(12)23/h9-11H,5-8H2,1-4H3,(H3,18,20,21,23). The van der Waals surface area contributed by atoms with Gasteiger partial charge in [0.05, 0.1) is 6.33 Å².